The number of rotatable bonds is 2. The van der Waals surface area contributed by atoms with Gasteiger partial charge in [-0.15, -0.1) is 0 Å². The molecular formula is C23H19F2N3O3. The van der Waals surface area contributed by atoms with Gasteiger partial charge in [-0.05, 0) is 42.5 Å². The number of aliphatic hydroxyl groups is 1. The second-order valence-electron chi connectivity index (χ2n) is 7.89. The van der Waals surface area contributed by atoms with E-state index in [1.807, 2.05) is 24.3 Å². The number of amides is 1. The lowest BCUT2D eigenvalue weighted by molar-refractivity contribution is 0.0657. The molecule has 4 aromatic rings. The van der Waals surface area contributed by atoms with E-state index in [4.69, 9.17) is 0 Å². The van der Waals surface area contributed by atoms with Crippen molar-refractivity contribution in [2.45, 2.75) is 25.0 Å². The van der Waals surface area contributed by atoms with Crippen LogP contribution in [0.25, 0.3) is 21.7 Å². The predicted molar refractivity (Wildman–Crippen MR) is 112 cm³/mol. The number of carbonyl (C=O) groups excluding carboxylic acids is 1. The molecule has 2 atom stereocenters. The number of para-hydroxylation sites is 1. The Morgan fingerprint density at radius 1 is 1.06 bits per heavy atom. The second kappa shape index (κ2) is 7.02. The highest BCUT2D eigenvalue weighted by Crippen LogP contribution is 2.41. The lowest BCUT2D eigenvalue weighted by atomic mass is 9.85. The summed E-state index contributed by atoms with van der Waals surface area (Å²) >= 11 is 0. The number of pyridine rings is 1. The van der Waals surface area contributed by atoms with Crippen molar-refractivity contribution in [3.05, 3.63) is 81.4 Å². The van der Waals surface area contributed by atoms with E-state index in [2.05, 4.69) is 9.97 Å². The number of aromatic amines is 2. The molecule has 1 aliphatic carbocycles. The van der Waals surface area contributed by atoms with Gasteiger partial charge in [0, 0.05) is 23.5 Å². The summed E-state index contributed by atoms with van der Waals surface area (Å²) in [5, 5.41) is 11.5. The van der Waals surface area contributed by atoms with Crippen LogP contribution in [0.3, 0.4) is 0 Å². The van der Waals surface area contributed by atoms with Gasteiger partial charge in [0.05, 0.1) is 23.2 Å². The molecule has 31 heavy (non-hydrogen) atoms. The average Bonchev–Trinajstić information content (AvgIpc) is 3.19. The van der Waals surface area contributed by atoms with Gasteiger partial charge in [0.2, 0.25) is 0 Å². The Kier molecular flexibility index (Phi) is 4.40. The number of nitrogens with one attached hydrogen (secondary N) is 2. The maximum Gasteiger partial charge on any atom is 0.270 e. The molecule has 1 aliphatic rings. The predicted octanol–water partition coefficient (Wildman–Crippen LogP) is 3.93. The maximum absolute atomic E-state index is 14.1. The van der Waals surface area contributed by atoms with Crippen molar-refractivity contribution in [1.82, 2.24) is 14.9 Å². The molecule has 0 aliphatic heterocycles. The molecule has 0 saturated carbocycles. The summed E-state index contributed by atoms with van der Waals surface area (Å²) < 4.78 is 27.9. The van der Waals surface area contributed by atoms with E-state index in [9.17, 15) is 23.5 Å². The standard InChI is InChI=1S/C23H19F2N3O3/c1-28(23(31)17-8-11-4-2-3-5-16(11)26-17)18-6-7-19(29)21-20(18)12-9-14(24)15(25)10-13(12)22(30)27-21/h2-5,8-10,18-19,26,29H,6-7H2,1H3,(H,27,30)/t18-,19-/m1/s1. The smallest absolute Gasteiger partial charge is 0.270 e. The molecular weight excluding hydrogens is 404 g/mol. The van der Waals surface area contributed by atoms with Crippen molar-refractivity contribution in [3.8, 4) is 0 Å². The summed E-state index contributed by atoms with van der Waals surface area (Å²) in [6.45, 7) is 0. The monoisotopic (exact) mass is 423 g/mol. The van der Waals surface area contributed by atoms with Crippen LogP contribution in [0.15, 0.2) is 47.3 Å². The Morgan fingerprint density at radius 3 is 2.52 bits per heavy atom. The van der Waals surface area contributed by atoms with E-state index in [1.54, 1.807) is 13.1 Å². The second-order valence-corrected chi connectivity index (χ2v) is 7.89. The van der Waals surface area contributed by atoms with E-state index in [0.29, 0.717) is 24.1 Å². The third-order valence-corrected chi connectivity index (χ3v) is 6.06. The van der Waals surface area contributed by atoms with Crippen molar-refractivity contribution >= 4 is 27.6 Å². The highest BCUT2D eigenvalue weighted by Gasteiger charge is 2.34. The molecule has 2 aromatic carbocycles. The van der Waals surface area contributed by atoms with Crippen LogP contribution in [0.1, 0.15) is 46.7 Å². The molecule has 158 valence electrons. The van der Waals surface area contributed by atoms with Crippen LogP contribution < -0.4 is 5.56 Å². The van der Waals surface area contributed by atoms with Crippen molar-refractivity contribution in [3.63, 3.8) is 0 Å². The number of carbonyl (C=O) groups is 1. The van der Waals surface area contributed by atoms with E-state index in [1.165, 1.54) is 4.90 Å². The van der Waals surface area contributed by atoms with Crippen LogP contribution >= 0.6 is 0 Å². The van der Waals surface area contributed by atoms with Gasteiger partial charge in [0.1, 0.15) is 5.69 Å². The number of H-pyrrole nitrogens is 2. The fraction of sp³-hybridized carbons (Fsp3) is 0.217. The van der Waals surface area contributed by atoms with Gasteiger partial charge in [-0.2, -0.15) is 0 Å². The van der Waals surface area contributed by atoms with Crippen LogP contribution in [0.5, 0.6) is 0 Å². The number of hydrogen-bond acceptors (Lipinski definition) is 3. The Hall–Kier alpha value is -3.52. The van der Waals surface area contributed by atoms with Gasteiger partial charge in [-0.25, -0.2) is 8.78 Å². The van der Waals surface area contributed by atoms with Crippen molar-refractivity contribution in [1.29, 1.82) is 0 Å². The summed E-state index contributed by atoms with van der Waals surface area (Å²) in [6.07, 6.45) is -0.253. The SMILES string of the molecule is CN(C(=O)c1cc2ccccc2[nH]1)[C@@H]1CC[C@@H](O)c2[nH]c(=O)c3cc(F)c(F)cc3c21. The lowest BCUT2D eigenvalue weighted by Gasteiger charge is -2.35. The Bertz CT molecular complexity index is 1380. The number of hydrogen-bond donors (Lipinski definition) is 3. The minimum atomic E-state index is -1.13. The zero-order chi connectivity index (χ0) is 21.9. The number of benzene rings is 2. The topological polar surface area (TPSA) is 89.2 Å². The number of fused-ring (bicyclic) bond motifs is 4. The molecule has 1 amide bonds. The summed E-state index contributed by atoms with van der Waals surface area (Å²) in [4.78, 5) is 32.9. The summed E-state index contributed by atoms with van der Waals surface area (Å²) in [6, 6.07) is 10.5. The van der Waals surface area contributed by atoms with Crippen LogP contribution in [-0.2, 0) is 0 Å². The van der Waals surface area contributed by atoms with Crippen molar-refractivity contribution in [2.75, 3.05) is 7.05 Å². The molecule has 0 bridgehead atoms. The van der Waals surface area contributed by atoms with E-state index in [0.717, 1.165) is 23.0 Å². The van der Waals surface area contributed by atoms with Crippen LogP contribution in [0.4, 0.5) is 8.78 Å². The zero-order valence-corrected chi connectivity index (χ0v) is 16.6. The largest absolute Gasteiger partial charge is 0.387 e. The fourth-order valence-electron chi connectivity index (χ4n) is 4.49. The minimum absolute atomic E-state index is 0.0248. The summed E-state index contributed by atoms with van der Waals surface area (Å²) in [5.74, 6) is -2.51. The number of halogens is 2. The Morgan fingerprint density at radius 2 is 1.77 bits per heavy atom. The normalized spacial score (nSPS) is 18.3. The molecule has 8 heteroatoms. The molecule has 2 aromatic heterocycles. The summed E-state index contributed by atoms with van der Waals surface area (Å²) in [5.41, 5.74) is 1.26. The van der Waals surface area contributed by atoms with E-state index in [-0.39, 0.29) is 22.4 Å². The Balaban J connectivity index is 1.65. The van der Waals surface area contributed by atoms with Gasteiger partial charge in [-0.1, -0.05) is 18.2 Å². The summed E-state index contributed by atoms with van der Waals surface area (Å²) in [7, 11) is 1.62. The molecule has 0 radical (unpaired) electrons. The highest BCUT2D eigenvalue weighted by molar-refractivity contribution is 5.98. The number of aliphatic hydroxyl groups excluding tert-OH is 1. The first kappa shape index (κ1) is 19.4. The molecule has 0 spiro atoms. The third kappa shape index (κ3) is 3.02. The molecule has 0 unspecified atom stereocenters. The Labute approximate surface area is 175 Å². The molecule has 6 nitrogen and oxygen atoms in total. The molecule has 0 fully saturated rings. The zero-order valence-electron chi connectivity index (χ0n) is 16.6. The lowest BCUT2D eigenvalue weighted by Crippen LogP contribution is -2.35. The average molecular weight is 423 g/mol. The van der Waals surface area contributed by atoms with Crippen molar-refractivity contribution in [2.24, 2.45) is 0 Å². The van der Waals surface area contributed by atoms with Crippen LogP contribution in [0, 0.1) is 11.6 Å². The molecule has 0 saturated heterocycles. The van der Waals surface area contributed by atoms with Gasteiger partial charge in [0.25, 0.3) is 11.5 Å². The highest BCUT2D eigenvalue weighted by atomic mass is 19.2. The van der Waals surface area contributed by atoms with Crippen LogP contribution in [-0.4, -0.2) is 32.9 Å². The first-order chi connectivity index (χ1) is 14.8. The molecule has 3 N–H and O–H groups in total. The van der Waals surface area contributed by atoms with Gasteiger partial charge >= 0.3 is 0 Å². The van der Waals surface area contributed by atoms with Gasteiger partial charge in [0.15, 0.2) is 11.6 Å². The number of nitrogens with zero attached hydrogens (tertiary/aromatic N) is 1. The molecule has 5 rings (SSSR count). The third-order valence-electron chi connectivity index (χ3n) is 6.06. The van der Waals surface area contributed by atoms with Crippen LogP contribution in [0.2, 0.25) is 0 Å². The first-order valence-electron chi connectivity index (χ1n) is 9.93. The number of aromatic nitrogens is 2. The molecule has 2 heterocycles. The maximum atomic E-state index is 14.1. The minimum Gasteiger partial charge on any atom is -0.387 e. The van der Waals surface area contributed by atoms with E-state index < -0.39 is 29.3 Å². The van der Waals surface area contributed by atoms with Gasteiger partial charge < -0.3 is 20.0 Å². The first-order valence-corrected chi connectivity index (χ1v) is 9.93. The quantitative estimate of drug-likeness (QED) is 0.456. The fourth-order valence-corrected chi connectivity index (χ4v) is 4.49. The van der Waals surface area contributed by atoms with Crippen molar-refractivity contribution < 1.29 is 18.7 Å². The van der Waals surface area contributed by atoms with Gasteiger partial charge in [-0.3, -0.25) is 9.59 Å². The van der Waals surface area contributed by atoms with E-state index >= 15 is 0 Å².